The zero-order valence-electron chi connectivity index (χ0n) is 54.5. The molecule has 0 aromatic heterocycles. The Morgan fingerprint density at radius 1 is 0.366 bits per heavy atom. The largest absolute Gasteiger partial charge is 0.472 e. The highest BCUT2D eigenvalue weighted by Crippen LogP contribution is 2.43. The van der Waals surface area contributed by atoms with Crippen molar-refractivity contribution in [1.82, 2.24) is 0 Å². The lowest BCUT2D eigenvalue weighted by atomic mass is 10.0. The summed E-state index contributed by atoms with van der Waals surface area (Å²) in [6.45, 7) is 3.80. The maximum absolute atomic E-state index is 12.8. The Kier molecular flexibility index (Phi) is 66.9. The first-order chi connectivity index (χ1) is 40.3. The summed E-state index contributed by atoms with van der Waals surface area (Å²) in [5, 5.41) is 0. The van der Waals surface area contributed by atoms with E-state index in [0.717, 1.165) is 51.4 Å². The second kappa shape index (κ2) is 68.3. The zero-order valence-corrected chi connectivity index (χ0v) is 55.4. The van der Waals surface area contributed by atoms with Crippen LogP contribution >= 0.6 is 7.82 Å². The number of hydrogen-bond donors (Lipinski definition) is 2. The lowest BCUT2D eigenvalue weighted by Crippen LogP contribution is -2.29. The van der Waals surface area contributed by atoms with Crippen molar-refractivity contribution in [2.75, 3.05) is 26.4 Å². The molecule has 10 heteroatoms. The summed E-state index contributed by atoms with van der Waals surface area (Å²) >= 11 is 0. The average molecular weight is 1180 g/mol. The second-order valence-electron chi connectivity index (χ2n) is 24.5. The van der Waals surface area contributed by atoms with Crippen LogP contribution in [0.5, 0.6) is 0 Å². The molecule has 0 rings (SSSR count). The van der Waals surface area contributed by atoms with Crippen LogP contribution in [-0.4, -0.2) is 49.3 Å². The van der Waals surface area contributed by atoms with Gasteiger partial charge in [0.25, 0.3) is 0 Å². The quantitative estimate of drug-likeness (QED) is 0.0264. The van der Waals surface area contributed by atoms with Crippen molar-refractivity contribution in [3.63, 3.8) is 0 Å². The van der Waals surface area contributed by atoms with E-state index >= 15 is 0 Å². The maximum Gasteiger partial charge on any atom is 0.472 e. The topological polar surface area (TPSA) is 134 Å². The molecule has 2 atom stereocenters. The van der Waals surface area contributed by atoms with Gasteiger partial charge in [0.1, 0.15) is 6.61 Å². The lowest BCUT2D eigenvalue weighted by molar-refractivity contribution is -0.161. The third-order valence-electron chi connectivity index (χ3n) is 16.3. The van der Waals surface area contributed by atoms with Gasteiger partial charge in [-0.2, -0.15) is 0 Å². The minimum atomic E-state index is -4.39. The molecule has 0 aliphatic heterocycles. The van der Waals surface area contributed by atoms with Crippen molar-refractivity contribution in [2.45, 2.75) is 386 Å². The maximum atomic E-state index is 12.8. The molecule has 0 aromatic rings. The normalized spacial score (nSPS) is 13.1. The summed E-state index contributed by atoms with van der Waals surface area (Å²) in [5.41, 5.74) is 5.40. The molecule has 0 radical (unpaired) electrons. The Labute approximate surface area is 509 Å². The van der Waals surface area contributed by atoms with E-state index in [2.05, 4.69) is 50.3 Å². The molecule has 0 saturated carbocycles. The van der Waals surface area contributed by atoms with Gasteiger partial charge in [0.15, 0.2) is 6.10 Å². The minimum absolute atomic E-state index is 0.0541. The van der Waals surface area contributed by atoms with Gasteiger partial charge in [0.2, 0.25) is 0 Å². The van der Waals surface area contributed by atoms with Gasteiger partial charge in [-0.3, -0.25) is 18.6 Å². The molecule has 3 N–H and O–H groups in total. The van der Waals surface area contributed by atoms with Gasteiger partial charge in [-0.1, -0.05) is 352 Å². The van der Waals surface area contributed by atoms with Gasteiger partial charge in [-0.05, 0) is 51.4 Å². The Morgan fingerprint density at radius 3 is 0.939 bits per heavy atom. The van der Waals surface area contributed by atoms with Gasteiger partial charge in [0.05, 0.1) is 13.2 Å². The molecule has 9 nitrogen and oxygen atoms in total. The third kappa shape index (κ3) is 67.4. The van der Waals surface area contributed by atoms with Gasteiger partial charge in [0, 0.05) is 19.4 Å². The number of unbranched alkanes of at least 4 members (excludes halogenated alkanes) is 50. The minimum Gasteiger partial charge on any atom is -0.462 e. The van der Waals surface area contributed by atoms with Gasteiger partial charge < -0.3 is 20.1 Å². The first-order valence-corrected chi connectivity index (χ1v) is 37.5. The van der Waals surface area contributed by atoms with Crippen molar-refractivity contribution in [3.8, 4) is 0 Å². The van der Waals surface area contributed by atoms with Crippen LogP contribution in [-0.2, 0) is 32.7 Å². The van der Waals surface area contributed by atoms with Gasteiger partial charge in [-0.15, -0.1) is 0 Å². The zero-order chi connectivity index (χ0) is 59.4. The molecule has 484 valence electrons. The summed E-state index contributed by atoms with van der Waals surface area (Å²) in [5.74, 6) is -0.813. The summed E-state index contributed by atoms with van der Waals surface area (Å²) in [6.07, 6.45) is 85.4. The summed E-state index contributed by atoms with van der Waals surface area (Å²) in [4.78, 5) is 35.3. The number of ether oxygens (including phenoxy) is 2. The van der Waals surface area contributed by atoms with Crippen LogP contribution in [0.4, 0.5) is 0 Å². The molecule has 0 spiro atoms. The molecular formula is C72H138NO8P. The van der Waals surface area contributed by atoms with E-state index < -0.39 is 26.5 Å². The molecule has 2 unspecified atom stereocenters. The highest BCUT2D eigenvalue weighted by atomic mass is 31.2. The highest BCUT2D eigenvalue weighted by Gasteiger charge is 2.26. The van der Waals surface area contributed by atoms with Crippen molar-refractivity contribution in [2.24, 2.45) is 5.73 Å². The third-order valence-corrected chi connectivity index (χ3v) is 17.3. The molecule has 0 fully saturated rings. The number of hydrogen-bond acceptors (Lipinski definition) is 8. The molecule has 0 amide bonds. The van der Waals surface area contributed by atoms with Gasteiger partial charge >= 0.3 is 19.8 Å². The van der Waals surface area contributed by atoms with E-state index in [4.69, 9.17) is 24.3 Å². The van der Waals surface area contributed by atoms with Crippen molar-refractivity contribution >= 4 is 19.8 Å². The van der Waals surface area contributed by atoms with Crippen LogP contribution in [0.1, 0.15) is 380 Å². The van der Waals surface area contributed by atoms with Crippen LogP contribution in [0.25, 0.3) is 0 Å². The molecule has 0 aliphatic carbocycles. The van der Waals surface area contributed by atoms with E-state index in [9.17, 15) is 19.0 Å². The lowest BCUT2D eigenvalue weighted by Gasteiger charge is -2.19. The summed E-state index contributed by atoms with van der Waals surface area (Å²) in [7, 11) is -4.39. The number of carbonyl (C=O) groups excluding carboxylic acids is 2. The monoisotopic (exact) mass is 1180 g/mol. The molecule has 0 aromatic carbocycles. The van der Waals surface area contributed by atoms with E-state index in [0.29, 0.717) is 6.42 Å². The Bertz CT molecular complexity index is 1440. The predicted octanol–water partition coefficient (Wildman–Crippen LogP) is 23.5. The number of phosphoric acid groups is 1. The predicted molar refractivity (Wildman–Crippen MR) is 354 cm³/mol. The number of phosphoric ester groups is 1. The van der Waals surface area contributed by atoms with Crippen molar-refractivity contribution < 1.29 is 37.6 Å². The molecule has 82 heavy (non-hydrogen) atoms. The Balaban J connectivity index is 3.79. The standard InChI is InChI=1S/C72H138NO8P/c1-3-5-7-9-11-13-15-17-19-21-23-25-27-29-30-31-32-33-34-35-36-37-38-39-41-42-44-46-48-50-52-54-56-58-60-62-64-71(74)78-68-70(69-80-82(76,77)79-67-66-73)81-72(75)65-63-61-59-57-55-53-51-49-47-45-43-40-28-26-24-22-20-18-16-14-12-10-8-6-4-2/h16,18,22,24,28,40,70H,3-15,17,19-21,23,25-27,29-39,41-69,73H2,1-2H3,(H,76,77)/b18-16-,24-22-,40-28-. The highest BCUT2D eigenvalue weighted by molar-refractivity contribution is 7.47. The van der Waals surface area contributed by atoms with E-state index in [1.54, 1.807) is 0 Å². The fourth-order valence-electron chi connectivity index (χ4n) is 10.9. The first kappa shape index (κ1) is 80.2. The molecule has 0 bridgehead atoms. The van der Waals surface area contributed by atoms with Crippen molar-refractivity contribution in [3.05, 3.63) is 36.5 Å². The second-order valence-corrected chi connectivity index (χ2v) is 25.9. The number of esters is 2. The van der Waals surface area contributed by atoms with Crippen LogP contribution in [0, 0.1) is 0 Å². The number of rotatable bonds is 69. The fourth-order valence-corrected chi connectivity index (χ4v) is 11.7. The molecule has 0 aliphatic rings. The SMILES string of the molecule is CCCCCCC/C=C\C/C=C\C/C=C\CCCCCCCCCCCCC(=O)OC(COC(=O)CCCCCCCCCCCCCCCCCCCCCCCCCCCCCCCCCCCCCC)COP(=O)(O)OCCN. The molecule has 0 saturated heterocycles. The fraction of sp³-hybridized carbons (Fsp3) is 0.889. The number of allylic oxidation sites excluding steroid dienone is 6. The van der Waals surface area contributed by atoms with Crippen LogP contribution < -0.4 is 5.73 Å². The number of carbonyl (C=O) groups is 2. The van der Waals surface area contributed by atoms with Crippen LogP contribution in [0.2, 0.25) is 0 Å². The number of nitrogens with two attached hydrogens (primary N) is 1. The summed E-state index contributed by atoms with van der Waals surface area (Å²) in [6, 6.07) is 0. The van der Waals surface area contributed by atoms with Crippen LogP contribution in [0.3, 0.4) is 0 Å². The first-order valence-electron chi connectivity index (χ1n) is 36.0. The van der Waals surface area contributed by atoms with E-state index in [-0.39, 0.29) is 38.6 Å². The smallest absolute Gasteiger partial charge is 0.462 e. The average Bonchev–Trinajstić information content (AvgIpc) is 3.47. The molecular weight excluding hydrogens is 1040 g/mol. The molecule has 0 heterocycles. The van der Waals surface area contributed by atoms with Crippen molar-refractivity contribution in [1.29, 1.82) is 0 Å². The summed E-state index contributed by atoms with van der Waals surface area (Å²) < 4.78 is 33.2. The van der Waals surface area contributed by atoms with Gasteiger partial charge in [-0.25, -0.2) is 4.57 Å². The van der Waals surface area contributed by atoms with E-state index in [1.807, 2.05) is 0 Å². The Morgan fingerprint density at radius 2 is 0.634 bits per heavy atom. The van der Waals surface area contributed by atoms with Crippen LogP contribution in [0.15, 0.2) is 36.5 Å². The van der Waals surface area contributed by atoms with E-state index in [1.165, 1.54) is 295 Å². The Hall–Kier alpha value is -1.77.